The first-order valence-electron chi connectivity index (χ1n) is 31.3. The van der Waals surface area contributed by atoms with E-state index in [0.29, 0.717) is 0 Å². The lowest BCUT2D eigenvalue weighted by Gasteiger charge is -2.29. The van der Waals surface area contributed by atoms with Gasteiger partial charge in [-0.3, -0.25) is 90.3 Å². The maximum Gasteiger partial charge on any atom is 0.268 e. The average Bonchev–Trinajstić information content (AvgIpc) is 1.25. The van der Waals surface area contributed by atoms with Crippen LogP contribution < -0.4 is 68.5 Å². The fraction of sp³-hybridized carbons (Fsp3) is 1.00. The topological polar surface area (TPSA) is 851 Å². The maximum atomic E-state index is 13.6. The molecular weight excluding hydrogens is 1940 g/mol. The van der Waals surface area contributed by atoms with Crippen molar-refractivity contribution >= 4 is 110 Å². The first-order valence-corrected chi connectivity index (χ1v) is 51.8. The second-order valence-electron chi connectivity index (χ2n) is 21.2. The van der Waals surface area contributed by atoms with E-state index in [-0.39, 0.29) is 0 Å². The molecule has 0 saturated heterocycles. The van der Waals surface area contributed by atoms with Gasteiger partial charge in [-0.25, -0.2) is 0 Å². The minimum absolute atomic E-state index is 0.773. The molecule has 20 unspecified atom stereocenters. The largest absolute Gasteiger partial charge is 0.756 e. The predicted molar refractivity (Wildman–Crippen MR) is 333 cm³/mol. The Kier molecular flexibility index (Phi) is 59.1. The number of aliphatic hydroxyl groups is 1. The molecule has 0 aromatic carbocycles. The third kappa shape index (κ3) is 66.2. The minimum atomic E-state index is -5.53. The molecule has 0 aromatic heterocycles. The molecule has 0 aliphatic rings. The minimum Gasteiger partial charge on any atom is -0.756 e. The van der Waals surface area contributed by atoms with Gasteiger partial charge in [-0.1, -0.05) is 0 Å². The molecule has 0 aliphatic carbocycles. The molecule has 0 saturated carbocycles. The molecule has 0 amide bonds. The molecule has 0 aliphatic heterocycles. The second kappa shape index (κ2) is 58.6. The van der Waals surface area contributed by atoms with E-state index in [1.807, 2.05) is 0 Å². The van der Waals surface area contributed by atoms with Gasteiger partial charge in [0.25, 0.3) is 110 Å². The third-order valence-electron chi connectivity index (χ3n) is 11.4. The number of phosphoric ester groups is 14. The zero-order valence-electron chi connectivity index (χ0n) is 59.4. The number of rotatable bonds is 80. The van der Waals surface area contributed by atoms with Crippen LogP contribution >= 0.6 is 110 Å². The normalized spacial score (nSPS) is 21.3. The second-order valence-corrected chi connectivity index (χ2v) is 40.7. The standard InChI is InChI=1S/C40H90F6O57P14/c41-17-35(23-47)24-94-108(57,58)83-9-10-86-111(63,64)97-29-38(20-44)30-99-113(67,68)88-13-14-90-115(71,72)101-33-40(22-46)34-103-117(75,76)92-16-15-91-116(73,74)102-32-39(21-45)31-100-114(69,70)89-12-11-87-112(65,66)98-28-37(19-43)27-96-110(61,62)85-8-6-82-107(55,56)80-4-2-78-105(51,52)77-1-3-79-106(53,54)81-5-7-84-109(59,60)95-26-36(18-42)25-93-104(48,49)50/h35-40,47H,1-34H2,(H,51,52)(H,53,54)(H,55,56)(H,57,58)(H,59,60)(H,61,62)(H,63,64)(H,65,66)(H,67,68)(H,69,70)(H,71,72)(H,73,74)(H,75,76)(H2,48,49,50)/p-14. The van der Waals surface area contributed by atoms with E-state index in [2.05, 4.69) is 122 Å². The van der Waals surface area contributed by atoms with E-state index in [0.717, 1.165) is 0 Å². The number of aliphatic hydroxyl groups excluding tert-OH is 1. The fourth-order valence-corrected chi connectivity index (χ4v) is 15.9. The highest BCUT2D eigenvalue weighted by molar-refractivity contribution is 7.49. The Morgan fingerprint density at radius 3 is 0.368 bits per heavy atom. The van der Waals surface area contributed by atoms with E-state index >= 15 is 0 Å². The number of phosphoric acid groups is 14. The van der Waals surface area contributed by atoms with Gasteiger partial charge in [0.1, 0.15) is 0 Å². The summed E-state index contributed by atoms with van der Waals surface area (Å²) in [6.45, 7) is -40.1. The summed E-state index contributed by atoms with van der Waals surface area (Å²) in [4.78, 5) is 175. The summed E-state index contributed by atoms with van der Waals surface area (Å²) in [5, 5.41) is 8.85. The van der Waals surface area contributed by atoms with E-state index < -0.39 is 370 Å². The van der Waals surface area contributed by atoms with Gasteiger partial charge in [-0.2, -0.15) is 0 Å². The molecule has 20 atom stereocenters. The van der Waals surface area contributed by atoms with Crippen molar-refractivity contribution in [3.05, 3.63) is 0 Å². The van der Waals surface area contributed by atoms with Crippen molar-refractivity contribution < 1.29 is 291 Å². The van der Waals surface area contributed by atoms with Crippen molar-refractivity contribution in [2.24, 2.45) is 35.5 Å². The summed E-state index contributed by atoms with van der Waals surface area (Å²) in [5.74, 6) is -9.64. The van der Waals surface area contributed by atoms with Crippen LogP contribution in [0.1, 0.15) is 0 Å². The lowest BCUT2D eigenvalue weighted by atomic mass is 10.2. The Balaban J connectivity index is 4.60. The van der Waals surface area contributed by atoms with Gasteiger partial charge in [-0.15, -0.1) is 0 Å². The Morgan fingerprint density at radius 1 is 0.179 bits per heavy atom. The van der Waals surface area contributed by atoms with E-state index in [1.54, 1.807) is 0 Å². The summed E-state index contributed by atoms with van der Waals surface area (Å²) < 4.78 is 362. The highest BCUT2D eigenvalue weighted by Crippen LogP contribution is 2.49. The van der Waals surface area contributed by atoms with Crippen molar-refractivity contribution in [3.63, 3.8) is 0 Å². The van der Waals surface area contributed by atoms with Gasteiger partial charge in [0.15, 0.2) is 0 Å². The molecule has 117 heavy (non-hydrogen) atoms. The molecule has 704 valence electrons. The van der Waals surface area contributed by atoms with Gasteiger partial charge >= 0.3 is 0 Å². The molecule has 0 rings (SSSR count). The SMILES string of the molecule is O=P([O-])(O)OCC(CF)COP(=O)([O-])OCCOP(=O)([O-])OCCOP(=O)([O-])OCCOP(=O)([O-])OCCOP(=O)([O-])OCC(CF)COP(=O)([O-])OCCOP(=O)([O-])OCC(CF)COP(=O)([O-])OCCOP(=O)([O-])OCC(CF)COP(=O)([O-])OCCOP(=O)([O-])OCC(CF)COP(=O)([O-])OCCOP(=O)([O-])OCC(CO)CF. The van der Waals surface area contributed by atoms with Gasteiger partial charge in [-0.05, 0) is 0 Å². The van der Waals surface area contributed by atoms with Crippen molar-refractivity contribution in [2.45, 2.75) is 0 Å². The number of hydrogen-bond donors (Lipinski definition) is 2. The molecule has 0 heterocycles. The van der Waals surface area contributed by atoms with E-state index in [9.17, 15) is 159 Å². The molecule has 0 spiro atoms. The predicted octanol–water partition coefficient (Wildman–Crippen LogP) is -4.51. The van der Waals surface area contributed by atoms with E-state index in [4.69, 9.17) is 10.00 Å². The Bertz CT molecular complexity index is 3500. The highest BCUT2D eigenvalue weighted by Gasteiger charge is 2.27. The van der Waals surface area contributed by atoms with Crippen molar-refractivity contribution in [3.8, 4) is 0 Å². The van der Waals surface area contributed by atoms with Gasteiger partial charge in [0.2, 0.25) is 0 Å². The van der Waals surface area contributed by atoms with Crippen LogP contribution in [0.2, 0.25) is 0 Å². The van der Waals surface area contributed by atoms with Crippen LogP contribution in [-0.2, 0) is 186 Å². The van der Waals surface area contributed by atoms with Crippen LogP contribution in [0.15, 0.2) is 0 Å². The Labute approximate surface area is 658 Å². The van der Waals surface area contributed by atoms with Crippen molar-refractivity contribution in [1.82, 2.24) is 0 Å². The molecule has 0 bridgehead atoms. The van der Waals surface area contributed by atoms with Gasteiger partial charge in [0, 0.05) is 35.5 Å². The monoisotopic (exact) mass is 2020 g/mol. The summed E-state index contributed by atoms with van der Waals surface area (Å²) in [6, 6.07) is 0. The van der Waals surface area contributed by atoms with Crippen molar-refractivity contribution in [2.75, 3.05) is 225 Å². The Morgan fingerprint density at radius 2 is 0.274 bits per heavy atom. The molecule has 57 nitrogen and oxygen atoms in total. The maximum absolute atomic E-state index is 13.6. The molecule has 0 fully saturated rings. The van der Waals surface area contributed by atoms with Crippen LogP contribution in [0.3, 0.4) is 0 Å². The van der Waals surface area contributed by atoms with Crippen LogP contribution in [-0.4, -0.2) is 235 Å². The van der Waals surface area contributed by atoms with Gasteiger partial charge in [0.05, 0.1) is 225 Å². The van der Waals surface area contributed by atoms with E-state index in [1.165, 1.54) is 0 Å². The number of alkyl halides is 6. The smallest absolute Gasteiger partial charge is 0.268 e. The first kappa shape index (κ1) is 118. The lowest BCUT2D eigenvalue weighted by molar-refractivity contribution is -0.238. The molecular formula is C40H76F6O57P14-14. The van der Waals surface area contributed by atoms with Crippen LogP contribution in [0, 0.1) is 35.5 Å². The number of halogens is 6. The zero-order valence-corrected chi connectivity index (χ0v) is 71.9. The summed E-state index contributed by atoms with van der Waals surface area (Å²) in [7, 11) is -75.6. The molecule has 0 aromatic rings. The average molecular weight is 2020 g/mol. The Hall–Kier alpha value is 1.08. The fourth-order valence-electron chi connectivity index (χ4n) is 5.87. The highest BCUT2D eigenvalue weighted by atomic mass is 31.2. The molecule has 77 heteroatoms. The summed E-state index contributed by atoms with van der Waals surface area (Å²) >= 11 is 0. The zero-order chi connectivity index (χ0) is 89.6. The quantitative estimate of drug-likeness (QED) is 0.0329. The van der Waals surface area contributed by atoms with Crippen LogP contribution in [0.5, 0.6) is 0 Å². The summed E-state index contributed by atoms with van der Waals surface area (Å²) in [5.41, 5.74) is 0. The van der Waals surface area contributed by atoms with Gasteiger partial charge < -0.3 is 201 Å². The third-order valence-corrected chi connectivity index (χ3v) is 24.5. The van der Waals surface area contributed by atoms with Crippen LogP contribution in [0.25, 0.3) is 0 Å². The number of hydrogen-bond acceptors (Lipinski definition) is 56. The van der Waals surface area contributed by atoms with Crippen LogP contribution in [0.4, 0.5) is 26.3 Å². The molecule has 2 N–H and O–H groups in total. The van der Waals surface area contributed by atoms with Crippen molar-refractivity contribution in [1.29, 1.82) is 0 Å². The first-order chi connectivity index (χ1) is 53.8. The molecule has 0 radical (unpaired) electrons. The summed E-state index contributed by atoms with van der Waals surface area (Å²) in [6.07, 6.45) is 0. The lowest BCUT2D eigenvalue weighted by Crippen LogP contribution is -2.23.